The van der Waals surface area contributed by atoms with Crippen molar-refractivity contribution < 1.29 is 8.42 Å². The largest absolute Gasteiger partial charge is 0.259 e. The third kappa shape index (κ3) is 2.94. The number of sulfonamides is 1. The molecule has 0 saturated heterocycles. The molecule has 18 heavy (non-hydrogen) atoms. The van der Waals surface area contributed by atoms with Gasteiger partial charge in [-0.1, -0.05) is 11.6 Å². The van der Waals surface area contributed by atoms with Crippen molar-refractivity contribution >= 4 is 48.9 Å². The molecule has 0 aliphatic carbocycles. The zero-order valence-corrected chi connectivity index (χ0v) is 13.2. The van der Waals surface area contributed by atoms with E-state index in [1.165, 1.54) is 29.3 Å². The number of hydrogen-bond acceptors (Lipinski definition) is 4. The van der Waals surface area contributed by atoms with E-state index in [-0.39, 0.29) is 16.6 Å². The molecule has 0 spiro atoms. The normalized spacial score (nSPS) is 11.9. The highest BCUT2D eigenvalue weighted by Gasteiger charge is 2.22. The van der Waals surface area contributed by atoms with Crippen molar-refractivity contribution in [2.45, 2.75) is 11.6 Å². The van der Waals surface area contributed by atoms with Crippen LogP contribution in [0.2, 0.25) is 5.02 Å². The van der Waals surface area contributed by atoms with Gasteiger partial charge in [-0.15, -0.1) is 11.3 Å². The van der Waals surface area contributed by atoms with E-state index in [1.54, 1.807) is 0 Å². The van der Waals surface area contributed by atoms with Gasteiger partial charge in [0.1, 0.15) is 0 Å². The topological polar surface area (TPSA) is 64.0 Å². The second kappa shape index (κ2) is 5.30. The Balaban J connectivity index is 2.18. The van der Waals surface area contributed by atoms with E-state index in [1.807, 2.05) is 12.1 Å². The summed E-state index contributed by atoms with van der Waals surface area (Å²) >= 11 is 10.6. The minimum atomic E-state index is -3.66. The third-order valence-corrected chi connectivity index (χ3v) is 5.69. The zero-order chi connectivity index (χ0) is 13.3. The Labute approximate surface area is 122 Å². The van der Waals surface area contributed by atoms with E-state index in [4.69, 9.17) is 11.6 Å². The molecule has 0 aliphatic heterocycles. The molecule has 0 aliphatic rings. The van der Waals surface area contributed by atoms with E-state index >= 15 is 0 Å². The minimum Gasteiger partial charge on any atom is -0.255 e. The van der Waals surface area contributed by atoms with Crippen LogP contribution in [0.4, 0.5) is 0 Å². The lowest BCUT2D eigenvalue weighted by Gasteiger charge is -2.06. The molecule has 0 unspecified atom stereocenters. The molecular weight excluding hydrogens is 362 g/mol. The summed E-state index contributed by atoms with van der Waals surface area (Å²) in [6.45, 7) is 0.222. The van der Waals surface area contributed by atoms with Crippen LogP contribution in [0, 0.1) is 0 Å². The van der Waals surface area contributed by atoms with Crippen LogP contribution < -0.4 is 4.72 Å². The van der Waals surface area contributed by atoms with Gasteiger partial charge in [0.25, 0.3) is 10.0 Å². The van der Waals surface area contributed by atoms with Crippen molar-refractivity contribution in [3.05, 3.63) is 32.0 Å². The molecule has 2 rings (SSSR count). The predicted molar refractivity (Wildman–Crippen MR) is 74.3 cm³/mol. The van der Waals surface area contributed by atoms with Gasteiger partial charge in [0, 0.05) is 18.5 Å². The van der Waals surface area contributed by atoms with Gasteiger partial charge < -0.3 is 0 Å². The number of nitrogens with one attached hydrogen (secondary N) is 1. The van der Waals surface area contributed by atoms with Crippen molar-refractivity contribution in [2.75, 3.05) is 0 Å². The van der Waals surface area contributed by atoms with Crippen LogP contribution in [-0.4, -0.2) is 18.2 Å². The van der Waals surface area contributed by atoms with Gasteiger partial charge in [-0.3, -0.25) is 4.68 Å². The first-order chi connectivity index (χ1) is 8.40. The molecule has 0 radical (unpaired) electrons. The van der Waals surface area contributed by atoms with Crippen molar-refractivity contribution in [3.63, 3.8) is 0 Å². The Kier molecular flexibility index (Phi) is 4.12. The lowest BCUT2D eigenvalue weighted by atomic mass is 10.5. The van der Waals surface area contributed by atoms with Gasteiger partial charge in [0.2, 0.25) is 0 Å². The molecule has 0 aromatic carbocycles. The lowest BCUT2D eigenvalue weighted by molar-refractivity contribution is 0.563. The van der Waals surface area contributed by atoms with Gasteiger partial charge in [-0.2, -0.15) is 5.10 Å². The number of aryl methyl sites for hydroxylation is 1. The van der Waals surface area contributed by atoms with Crippen molar-refractivity contribution in [2.24, 2.45) is 7.05 Å². The fourth-order valence-corrected chi connectivity index (χ4v) is 4.55. The van der Waals surface area contributed by atoms with Crippen molar-refractivity contribution in [1.82, 2.24) is 14.5 Å². The number of halogens is 2. The summed E-state index contributed by atoms with van der Waals surface area (Å²) in [5.41, 5.74) is 0. The van der Waals surface area contributed by atoms with Crippen molar-refractivity contribution in [3.8, 4) is 0 Å². The van der Waals surface area contributed by atoms with Crippen LogP contribution in [-0.2, 0) is 23.6 Å². The van der Waals surface area contributed by atoms with Gasteiger partial charge in [-0.05, 0) is 28.1 Å². The van der Waals surface area contributed by atoms with E-state index < -0.39 is 10.0 Å². The highest BCUT2D eigenvalue weighted by molar-refractivity contribution is 9.11. The number of aromatic nitrogens is 2. The van der Waals surface area contributed by atoms with E-state index in [9.17, 15) is 8.42 Å². The average molecular weight is 371 g/mol. The Morgan fingerprint density at radius 3 is 2.78 bits per heavy atom. The van der Waals surface area contributed by atoms with Crippen LogP contribution in [0.3, 0.4) is 0 Å². The summed E-state index contributed by atoms with van der Waals surface area (Å²) in [5.74, 6) is 0. The third-order valence-electron chi connectivity index (χ3n) is 2.16. The Morgan fingerprint density at radius 1 is 1.56 bits per heavy atom. The molecule has 0 fully saturated rings. The Hall–Kier alpha value is -0.410. The predicted octanol–water partition coefficient (Wildman–Crippen LogP) is 2.38. The number of thiophene rings is 1. The summed E-state index contributed by atoms with van der Waals surface area (Å²) in [6.07, 6.45) is 1.30. The van der Waals surface area contributed by atoms with Gasteiger partial charge >= 0.3 is 0 Å². The Morgan fingerprint density at radius 2 is 2.28 bits per heavy atom. The smallest absolute Gasteiger partial charge is 0.255 e. The van der Waals surface area contributed by atoms with Crippen molar-refractivity contribution in [1.29, 1.82) is 0 Å². The average Bonchev–Trinajstić information content (AvgIpc) is 2.83. The molecule has 2 aromatic rings. The standard InChI is InChI=1S/C9H9BrClN3O2S2/c1-14-9(7(11)5-12-14)18(15,16)13-4-6-2-3-8(10)17-6/h2-3,5,13H,4H2,1H3. The molecule has 0 bridgehead atoms. The molecule has 9 heteroatoms. The first-order valence-corrected chi connectivity index (χ1v) is 8.28. The number of rotatable bonds is 4. The number of hydrogen-bond donors (Lipinski definition) is 1. The summed E-state index contributed by atoms with van der Waals surface area (Å²) < 4.78 is 28.8. The van der Waals surface area contributed by atoms with Crippen LogP contribution in [0.25, 0.3) is 0 Å². The van der Waals surface area contributed by atoms with E-state index in [0.717, 1.165) is 8.66 Å². The fourth-order valence-electron chi connectivity index (χ4n) is 1.38. The molecular formula is C9H9BrClN3O2S2. The maximum atomic E-state index is 12.1. The second-order valence-electron chi connectivity index (χ2n) is 3.45. The van der Waals surface area contributed by atoms with Crippen LogP contribution in [0.5, 0.6) is 0 Å². The molecule has 0 saturated carbocycles. The summed E-state index contributed by atoms with van der Waals surface area (Å²) in [6, 6.07) is 3.72. The monoisotopic (exact) mass is 369 g/mol. The molecule has 98 valence electrons. The molecule has 1 N–H and O–H groups in total. The van der Waals surface area contributed by atoms with Gasteiger partial charge in [0.15, 0.2) is 5.03 Å². The highest BCUT2D eigenvalue weighted by Crippen LogP contribution is 2.23. The highest BCUT2D eigenvalue weighted by atomic mass is 79.9. The summed E-state index contributed by atoms with van der Waals surface area (Å²) in [5, 5.41) is 3.88. The first-order valence-electron chi connectivity index (χ1n) is 4.81. The van der Waals surface area contributed by atoms with Crippen LogP contribution in [0.15, 0.2) is 27.1 Å². The van der Waals surface area contributed by atoms with E-state index in [2.05, 4.69) is 25.8 Å². The minimum absolute atomic E-state index is 0.0280. The first kappa shape index (κ1) is 14.0. The lowest BCUT2D eigenvalue weighted by Crippen LogP contribution is -2.25. The maximum Gasteiger partial charge on any atom is 0.259 e. The quantitative estimate of drug-likeness (QED) is 0.898. The fraction of sp³-hybridized carbons (Fsp3) is 0.222. The van der Waals surface area contributed by atoms with Gasteiger partial charge in [0.05, 0.1) is 15.0 Å². The maximum absolute atomic E-state index is 12.1. The molecule has 0 amide bonds. The molecule has 2 heterocycles. The molecule has 2 aromatic heterocycles. The van der Waals surface area contributed by atoms with Crippen LogP contribution in [0.1, 0.15) is 4.88 Å². The molecule has 5 nitrogen and oxygen atoms in total. The summed E-state index contributed by atoms with van der Waals surface area (Å²) in [4.78, 5) is 0.906. The summed E-state index contributed by atoms with van der Waals surface area (Å²) in [7, 11) is -2.13. The van der Waals surface area contributed by atoms with Crippen LogP contribution >= 0.6 is 38.9 Å². The molecule has 0 atom stereocenters. The second-order valence-corrected chi connectivity index (χ2v) is 8.09. The van der Waals surface area contributed by atoms with Gasteiger partial charge in [-0.25, -0.2) is 13.1 Å². The number of nitrogens with zero attached hydrogens (tertiary/aromatic N) is 2. The zero-order valence-electron chi connectivity index (χ0n) is 9.22. The SMILES string of the molecule is Cn1ncc(Cl)c1S(=O)(=O)NCc1ccc(Br)s1. The Bertz CT molecular complexity index is 646. The van der Waals surface area contributed by atoms with E-state index in [0.29, 0.717) is 0 Å².